The molecule has 12 nitrogen and oxygen atoms in total. The quantitative estimate of drug-likeness (QED) is 0.0474. The number of hydrogen-bond donors (Lipinski definition) is 7. The highest BCUT2D eigenvalue weighted by atomic mass is 79.9. The van der Waals surface area contributed by atoms with Gasteiger partial charge < -0.3 is 36.5 Å². The average Bonchev–Trinajstić information content (AvgIpc) is 2.80. The highest BCUT2D eigenvalue weighted by molar-refractivity contribution is 9.10. The van der Waals surface area contributed by atoms with E-state index in [1.165, 1.54) is 34.7 Å². The molecule has 0 aliphatic rings. The van der Waals surface area contributed by atoms with Crippen molar-refractivity contribution >= 4 is 67.0 Å². The number of carbonyl (C=O) groups excluding carboxylic acids is 2. The zero-order chi connectivity index (χ0) is 26.4. The molecular weight excluding hydrogens is 568 g/mol. The third-order valence-electron chi connectivity index (χ3n) is 4.50. The van der Waals surface area contributed by atoms with Gasteiger partial charge in [0, 0.05) is 30.9 Å². The average molecular weight is 595 g/mol. The van der Waals surface area contributed by atoms with Gasteiger partial charge in [-0.1, -0.05) is 32.8 Å². The number of benzene rings is 1. The number of oxime groups is 1. The van der Waals surface area contributed by atoms with E-state index in [0.29, 0.717) is 15.8 Å². The maximum absolute atomic E-state index is 12.2. The molecule has 2 atom stereocenters. The summed E-state index contributed by atoms with van der Waals surface area (Å²) in [6, 6.07) is 2.59. The number of carbonyl (C=O) groups is 4. The van der Waals surface area contributed by atoms with Crippen molar-refractivity contribution < 1.29 is 39.7 Å². The molecule has 194 valence electrons. The lowest BCUT2D eigenvalue weighted by Crippen LogP contribution is -2.43. The van der Waals surface area contributed by atoms with E-state index in [1.54, 1.807) is 12.1 Å². The standard InChI is InChI=1S/C20H27BrN4O8S2/c1-22-13(19(29)30)3-5-17(27)24-15(20(31)32)10-35-34-7-6-23-18(28)14(25-33)9-11-2-4-16(26)12(21)8-11/h2,4,8,13,15,22,26,33H,3,5-7,9-10H2,1H3,(H,23,28)(H,24,27)(H,29,30)(H,31,32)/b25-14+/t13-,15-/m0/s1. The summed E-state index contributed by atoms with van der Waals surface area (Å²) in [6.07, 6.45) is -0.0688. The predicted octanol–water partition coefficient (Wildman–Crippen LogP) is 1.05. The van der Waals surface area contributed by atoms with E-state index in [0.717, 1.165) is 0 Å². The van der Waals surface area contributed by atoms with Gasteiger partial charge in [-0.15, -0.1) is 0 Å². The van der Waals surface area contributed by atoms with Crippen molar-refractivity contribution in [2.24, 2.45) is 5.16 Å². The van der Waals surface area contributed by atoms with Crippen LogP contribution < -0.4 is 16.0 Å². The number of amides is 2. The van der Waals surface area contributed by atoms with Crippen LogP contribution in [0.25, 0.3) is 0 Å². The second kappa shape index (κ2) is 16.2. The van der Waals surface area contributed by atoms with Crippen LogP contribution >= 0.6 is 37.5 Å². The summed E-state index contributed by atoms with van der Waals surface area (Å²) in [5, 5.41) is 47.5. The van der Waals surface area contributed by atoms with Gasteiger partial charge in [0.05, 0.1) is 4.47 Å². The Morgan fingerprint density at radius 2 is 1.80 bits per heavy atom. The number of hydrogen-bond acceptors (Lipinski definition) is 10. The Hall–Kier alpha value is -2.49. The van der Waals surface area contributed by atoms with Crippen LogP contribution in [-0.4, -0.2) is 87.2 Å². The fraction of sp³-hybridized carbons (Fsp3) is 0.450. The summed E-state index contributed by atoms with van der Waals surface area (Å²) in [4.78, 5) is 46.5. The van der Waals surface area contributed by atoms with Gasteiger partial charge >= 0.3 is 11.9 Å². The molecular formula is C20H27BrN4O8S2. The summed E-state index contributed by atoms with van der Waals surface area (Å²) in [5.74, 6) is -2.92. The number of carboxylic acid groups (broad SMARTS) is 2. The molecule has 0 spiro atoms. The summed E-state index contributed by atoms with van der Waals surface area (Å²) >= 11 is 3.17. The van der Waals surface area contributed by atoms with Crippen molar-refractivity contribution in [3.8, 4) is 5.75 Å². The summed E-state index contributed by atoms with van der Waals surface area (Å²) < 4.78 is 0.444. The number of likely N-dealkylation sites (N-methyl/N-ethyl adjacent to an activating group) is 1. The van der Waals surface area contributed by atoms with Gasteiger partial charge in [-0.25, -0.2) is 4.79 Å². The smallest absolute Gasteiger partial charge is 0.327 e. The second-order valence-corrected chi connectivity index (χ2v) is 10.5. The van der Waals surface area contributed by atoms with Crippen molar-refractivity contribution in [3.05, 3.63) is 28.2 Å². The fourth-order valence-electron chi connectivity index (χ4n) is 2.61. The van der Waals surface area contributed by atoms with Crippen LogP contribution in [0.2, 0.25) is 0 Å². The maximum atomic E-state index is 12.2. The topological polar surface area (TPSA) is 198 Å². The monoisotopic (exact) mass is 594 g/mol. The van der Waals surface area contributed by atoms with Gasteiger partial charge in [-0.05, 0) is 47.1 Å². The summed E-state index contributed by atoms with van der Waals surface area (Å²) in [7, 11) is 3.93. The Kier molecular flexibility index (Phi) is 14.2. The summed E-state index contributed by atoms with van der Waals surface area (Å²) in [5.41, 5.74) is 0.533. The van der Waals surface area contributed by atoms with Crippen molar-refractivity contribution in [1.82, 2.24) is 16.0 Å². The number of phenols is 1. The number of aliphatic carboxylic acids is 2. The minimum Gasteiger partial charge on any atom is -0.507 e. The first-order valence-electron chi connectivity index (χ1n) is 10.2. The number of phenolic OH excluding ortho intramolecular Hbond substituents is 1. The van der Waals surface area contributed by atoms with Crippen molar-refractivity contribution in [2.45, 2.75) is 31.3 Å². The van der Waals surface area contributed by atoms with Gasteiger partial charge in [-0.2, -0.15) is 0 Å². The molecule has 1 aromatic rings. The van der Waals surface area contributed by atoms with E-state index in [9.17, 15) is 29.4 Å². The highest BCUT2D eigenvalue weighted by Gasteiger charge is 2.22. The maximum Gasteiger partial charge on any atom is 0.327 e. The molecule has 0 bridgehead atoms. The van der Waals surface area contributed by atoms with E-state index in [2.05, 4.69) is 37.0 Å². The number of nitrogens with one attached hydrogen (secondary N) is 3. The lowest BCUT2D eigenvalue weighted by Gasteiger charge is -2.15. The Labute approximate surface area is 217 Å². The molecule has 0 aliphatic carbocycles. The number of nitrogens with zero attached hydrogens (tertiary/aromatic N) is 1. The van der Waals surface area contributed by atoms with Crippen molar-refractivity contribution in [3.63, 3.8) is 0 Å². The molecule has 15 heteroatoms. The lowest BCUT2D eigenvalue weighted by atomic mass is 10.1. The molecule has 0 aromatic heterocycles. The first kappa shape index (κ1) is 30.5. The van der Waals surface area contributed by atoms with Crippen LogP contribution in [0.3, 0.4) is 0 Å². The van der Waals surface area contributed by atoms with Crippen LogP contribution in [0, 0.1) is 0 Å². The highest BCUT2D eigenvalue weighted by Crippen LogP contribution is 2.24. The zero-order valence-corrected chi connectivity index (χ0v) is 21.9. The Bertz CT molecular complexity index is 934. The van der Waals surface area contributed by atoms with Crippen LogP contribution in [0.1, 0.15) is 18.4 Å². The second-order valence-electron chi connectivity index (χ2n) is 7.05. The van der Waals surface area contributed by atoms with Gasteiger partial charge in [0.2, 0.25) is 5.91 Å². The van der Waals surface area contributed by atoms with E-state index < -0.39 is 35.8 Å². The first-order valence-corrected chi connectivity index (χ1v) is 13.5. The van der Waals surface area contributed by atoms with Crippen molar-refractivity contribution in [1.29, 1.82) is 0 Å². The molecule has 0 heterocycles. The van der Waals surface area contributed by atoms with Gasteiger partial charge in [0.15, 0.2) is 0 Å². The summed E-state index contributed by atoms with van der Waals surface area (Å²) in [6.45, 7) is 0.222. The van der Waals surface area contributed by atoms with E-state index in [-0.39, 0.29) is 43.0 Å². The number of halogens is 1. The molecule has 7 N–H and O–H groups in total. The van der Waals surface area contributed by atoms with Crippen molar-refractivity contribution in [2.75, 3.05) is 25.1 Å². The molecule has 0 saturated heterocycles. The van der Waals surface area contributed by atoms with Crippen LogP contribution in [-0.2, 0) is 25.6 Å². The molecule has 0 saturated carbocycles. The number of rotatable bonds is 16. The zero-order valence-electron chi connectivity index (χ0n) is 18.7. The van der Waals surface area contributed by atoms with Crippen LogP contribution in [0.4, 0.5) is 0 Å². The lowest BCUT2D eigenvalue weighted by molar-refractivity contribution is -0.142. The predicted molar refractivity (Wildman–Crippen MR) is 136 cm³/mol. The molecule has 0 unspecified atom stereocenters. The molecule has 2 amide bonds. The Morgan fingerprint density at radius 3 is 2.37 bits per heavy atom. The SMILES string of the molecule is CN[C@@H](CCC(=O)N[C@@H](CSSCCNC(=O)/C(Cc1ccc(O)c(Br)c1)=N/O)C(=O)O)C(=O)O. The minimum atomic E-state index is -1.21. The molecule has 0 radical (unpaired) electrons. The number of aromatic hydroxyl groups is 1. The van der Waals surface area contributed by atoms with E-state index >= 15 is 0 Å². The molecule has 1 aromatic carbocycles. The minimum absolute atomic E-state index is 0.0226. The Morgan fingerprint density at radius 1 is 1.11 bits per heavy atom. The molecule has 0 fully saturated rings. The van der Waals surface area contributed by atoms with Crippen LogP contribution in [0.15, 0.2) is 27.8 Å². The van der Waals surface area contributed by atoms with E-state index in [1.807, 2.05) is 0 Å². The third-order valence-corrected chi connectivity index (χ3v) is 7.55. The number of carboxylic acids is 2. The van der Waals surface area contributed by atoms with Crippen LogP contribution in [0.5, 0.6) is 5.75 Å². The first-order chi connectivity index (χ1) is 16.6. The molecule has 0 aliphatic heterocycles. The fourth-order valence-corrected chi connectivity index (χ4v) is 5.09. The normalized spacial score (nSPS) is 13.0. The van der Waals surface area contributed by atoms with Gasteiger partial charge in [0.25, 0.3) is 5.91 Å². The van der Waals surface area contributed by atoms with E-state index in [4.69, 9.17) is 10.3 Å². The van der Waals surface area contributed by atoms with Gasteiger partial charge in [0.1, 0.15) is 23.5 Å². The largest absolute Gasteiger partial charge is 0.507 e. The third kappa shape index (κ3) is 11.7. The van der Waals surface area contributed by atoms with Gasteiger partial charge in [-0.3, -0.25) is 14.4 Å². The molecule has 35 heavy (non-hydrogen) atoms. The molecule has 1 rings (SSSR count). The Balaban J connectivity index is 2.35.